The fraction of sp³-hybridized carbons (Fsp3) is 0. The molecule has 4 aromatic heterocycles. The number of para-hydroxylation sites is 6. The van der Waals surface area contributed by atoms with Crippen molar-refractivity contribution in [3.05, 3.63) is 231 Å². The summed E-state index contributed by atoms with van der Waals surface area (Å²) in [6.45, 7) is 0. The van der Waals surface area contributed by atoms with Crippen LogP contribution in [0, 0.1) is 0 Å². The summed E-state index contributed by atoms with van der Waals surface area (Å²) in [7, 11) is 0. The van der Waals surface area contributed by atoms with Crippen LogP contribution in [0.3, 0.4) is 0 Å². The van der Waals surface area contributed by atoms with E-state index in [1.807, 2.05) is 66.2 Å². The predicted molar refractivity (Wildman–Crippen MR) is 277 cm³/mol. The Bertz CT molecular complexity index is 3890. The van der Waals surface area contributed by atoms with Crippen LogP contribution >= 0.6 is 11.3 Å². The molecule has 0 atom stereocenters. The van der Waals surface area contributed by atoms with E-state index in [0.29, 0.717) is 5.89 Å². The number of hydrogen-bond donors (Lipinski definition) is 0. The monoisotopic (exact) mass is 878 g/mol. The van der Waals surface area contributed by atoms with Gasteiger partial charge in [-0.2, -0.15) is 0 Å². The number of benzene rings is 9. The molecule has 9 aromatic carbocycles. The van der Waals surface area contributed by atoms with Crippen molar-refractivity contribution < 1.29 is 4.42 Å². The highest BCUT2D eigenvalue weighted by atomic mass is 32.1. The molecule has 67 heavy (non-hydrogen) atoms. The Kier molecular flexibility index (Phi) is 9.21. The Hall–Kier alpha value is -8.85. The Balaban J connectivity index is 0.860. The zero-order chi connectivity index (χ0) is 44.3. The largest absolute Gasteiger partial charge is 0.436 e. The Morgan fingerprint density at radius 1 is 0.433 bits per heavy atom. The smallest absolute Gasteiger partial charge is 0.227 e. The highest BCUT2D eigenvalue weighted by Gasteiger charge is 2.20. The van der Waals surface area contributed by atoms with Crippen molar-refractivity contribution in [3.63, 3.8) is 0 Å². The quantitative estimate of drug-likeness (QED) is 0.144. The van der Waals surface area contributed by atoms with Crippen LogP contribution < -0.4 is 9.80 Å². The first-order chi connectivity index (χ1) is 33.2. The number of imidazole rings is 1. The Labute approximate surface area is 389 Å². The van der Waals surface area contributed by atoms with E-state index in [1.165, 1.54) is 30.9 Å². The second kappa shape index (κ2) is 16.0. The molecule has 4 heterocycles. The molecule has 13 aromatic rings. The zero-order valence-electron chi connectivity index (χ0n) is 35.9. The maximum Gasteiger partial charge on any atom is 0.227 e. The number of thiophene rings is 1. The molecule has 0 fully saturated rings. The number of pyridine rings is 1. The number of nitrogens with zero attached hydrogens (tertiary/aromatic N) is 6. The lowest BCUT2D eigenvalue weighted by molar-refractivity contribution is 0.620. The maximum atomic E-state index is 6.09. The molecule has 0 spiro atoms. The first-order valence-electron chi connectivity index (χ1n) is 22.2. The van der Waals surface area contributed by atoms with Gasteiger partial charge in [-0.15, -0.1) is 11.3 Å². The van der Waals surface area contributed by atoms with Crippen LogP contribution in [0.1, 0.15) is 0 Å². The van der Waals surface area contributed by atoms with Crippen LogP contribution in [0.15, 0.2) is 235 Å². The van der Waals surface area contributed by atoms with Gasteiger partial charge in [0.2, 0.25) is 5.89 Å². The summed E-state index contributed by atoms with van der Waals surface area (Å²) < 4.78 is 10.8. The minimum Gasteiger partial charge on any atom is -0.436 e. The van der Waals surface area contributed by atoms with Crippen LogP contribution in [0.2, 0.25) is 0 Å². The number of oxazole rings is 1. The van der Waals surface area contributed by atoms with Crippen molar-refractivity contribution in [3.8, 4) is 28.5 Å². The minimum absolute atomic E-state index is 0.602. The summed E-state index contributed by atoms with van der Waals surface area (Å²) in [4.78, 5) is 18.9. The van der Waals surface area contributed by atoms with Gasteiger partial charge in [-0.1, -0.05) is 72.8 Å². The standard InChI is InChI=1S/C59H38N6OS/c1-3-12-43(13-4-1)63(45-26-21-39(22-27-45)58-61-52-17-7-9-19-54(52)65(58)44-14-5-2-6-15-44)48-31-32-50-51-35-41-25-30-47(34-42(41)36-56(51)67-57(50)37-48)64(49-16-11-33-60-38-49)46-28-23-40(24-29-46)59-62-53-18-8-10-20-55(53)66-59/h1-38H. The molecule has 13 rings (SSSR count). The number of anilines is 6. The molecule has 0 aliphatic carbocycles. The van der Waals surface area contributed by atoms with E-state index < -0.39 is 0 Å². The SMILES string of the molecule is c1ccc(N(c2ccc(-c3nc4ccccc4n3-c3ccccc3)cc2)c2ccc3c(c2)sc2cc4cc(N(c5ccc(-c6nc7ccccc7o6)cc5)c5cccnc5)ccc4cc23)cc1. The number of rotatable bonds is 9. The average Bonchev–Trinajstić information content (AvgIpc) is 4.11. The van der Waals surface area contributed by atoms with E-state index in [-0.39, 0.29) is 0 Å². The van der Waals surface area contributed by atoms with E-state index in [2.05, 4.69) is 195 Å². The predicted octanol–water partition coefficient (Wildman–Crippen LogP) is 16.4. The van der Waals surface area contributed by atoms with Gasteiger partial charge in [0.15, 0.2) is 5.58 Å². The minimum atomic E-state index is 0.602. The highest BCUT2D eigenvalue weighted by Crippen LogP contribution is 2.44. The topological polar surface area (TPSA) is 63.2 Å². The first-order valence-corrected chi connectivity index (χ1v) is 23.0. The van der Waals surface area contributed by atoms with Gasteiger partial charge >= 0.3 is 0 Å². The fourth-order valence-corrected chi connectivity index (χ4v) is 10.5. The van der Waals surface area contributed by atoms with Crippen LogP contribution in [0.25, 0.3) is 81.6 Å². The molecule has 0 aliphatic heterocycles. The van der Waals surface area contributed by atoms with Gasteiger partial charge in [0.1, 0.15) is 11.3 Å². The molecule has 0 aliphatic rings. The summed E-state index contributed by atoms with van der Waals surface area (Å²) in [6.07, 6.45) is 3.71. The second-order valence-corrected chi connectivity index (χ2v) is 17.6. The van der Waals surface area contributed by atoms with E-state index in [9.17, 15) is 0 Å². The summed E-state index contributed by atoms with van der Waals surface area (Å²) in [6, 6.07) is 76.7. The fourth-order valence-electron chi connectivity index (χ4n) is 9.30. The van der Waals surface area contributed by atoms with E-state index in [0.717, 1.165) is 78.9 Å². The zero-order valence-corrected chi connectivity index (χ0v) is 36.8. The Morgan fingerprint density at radius 3 is 1.84 bits per heavy atom. The van der Waals surface area contributed by atoms with Crippen molar-refractivity contribution in [2.24, 2.45) is 0 Å². The molecule has 0 N–H and O–H groups in total. The van der Waals surface area contributed by atoms with Crippen LogP contribution in [0.4, 0.5) is 34.1 Å². The summed E-state index contributed by atoms with van der Waals surface area (Å²) in [5, 5.41) is 4.85. The molecule has 0 saturated heterocycles. The lowest BCUT2D eigenvalue weighted by Gasteiger charge is -2.25. The lowest BCUT2D eigenvalue weighted by atomic mass is 10.0. The van der Waals surface area contributed by atoms with Crippen molar-refractivity contribution in [2.45, 2.75) is 0 Å². The van der Waals surface area contributed by atoms with Crippen molar-refractivity contribution in [2.75, 3.05) is 9.80 Å². The molecule has 0 amide bonds. The third-order valence-corrected chi connectivity index (χ3v) is 13.6. The summed E-state index contributed by atoms with van der Waals surface area (Å²) in [5.41, 5.74) is 13.0. The highest BCUT2D eigenvalue weighted by molar-refractivity contribution is 7.26. The number of fused-ring (bicyclic) bond motifs is 6. The lowest BCUT2D eigenvalue weighted by Crippen LogP contribution is -2.10. The van der Waals surface area contributed by atoms with Gasteiger partial charge in [-0.3, -0.25) is 9.55 Å². The van der Waals surface area contributed by atoms with Crippen LogP contribution in [-0.2, 0) is 0 Å². The van der Waals surface area contributed by atoms with E-state index in [4.69, 9.17) is 14.4 Å². The van der Waals surface area contributed by atoms with E-state index in [1.54, 1.807) is 0 Å². The van der Waals surface area contributed by atoms with Crippen molar-refractivity contribution in [1.82, 2.24) is 19.5 Å². The molecule has 0 unspecified atom stereocenters. The van der Waals surface area contributed by atoms with Gasteiger partial charge in [0, 0.05) is 71.6 Å². The van der Waals surface area contributed by atoms with Crippen LogP contribution in [0.5, 0.6) is 0 Å². The van der Waals surface area contributed by atoms with Gasteiger partial charge in [-0.25, -0.2) is 9.97 Å². The third kappa shape index (κ3) is 6.86. The molecular weight excluding hydrogens is 841 g/mol. The summed E-state index contributed by atoms with van der Waals surface area (Å²) in [5.74, 6) is 1.51. The second-order valence-electron chi connectivity index (χ2n) is 16.6. The normalized spacial score (nSPS) is 11.6. The first kappa shape index (κ1) is 38.6. The Morgan fingerprint density at radius 2 is 1.06 bits per heavy atom. The third-order valence-electron chi connectivity index (χ3n) is 12.5. The maximum absolute atomic E-state index is 6.09. The van der Waals surface area contributed by atoms with Crippen LogP contribution in [-0.4, -0.2) is 19.5 Å². The van der Waals surface area contributed by atoms with E-state index >= 15 is 0 Å². The van der Waals surface area contributed by atoms with Gasteiger partial charge in [0.05, 0.1) is 22.9 Å². The molecule has 0 radical (unpaired) electrons. The van der Waals surface area contributed by atoms with Gasteiger partial charge in [-0.05, 0) is 156 Å². The molecule has 0 bridgehead atoms. The average molecular weight is 879 g/mol. The summed E-state index contributed by atoms with van der Waals surface area (Å²) >= 11 is 1.83. The van der Waals surface area contributed by atoms with Gasteiger partial charge < -0.3 is 14.2 Å². The van der Waals surface area contributed by atoms with Crippen molar-refractivity contribution in [1.29, 1.82) is 0 Å². The molecule has 316 valence electrons. The molecule has 8 heteroatoms. The number of hydrogen-bond acceptors (Lipinski definition) is 7. The molecular formula is C59H38N6OS. The molecule has 0 saturated carbocycles. The number of aromatic nitrogens is 4. The molecule has 7 nitrogen and oxygen atoms in total. The van der Waals surface area contributed by atoms with Crippen molar-refractivity contribution >= 4 is 98.5 Å². The van der Waals surface area contributed by atoms with Gasteiger partial charge in [0.25, 0.3) is 0 Å².